The summed E-state index contributed by atoms with van der Waals surface area (Å²) in [5, 5.41) is 11.6. The number of rotatable bonds is 8. The number of likely N-dealkylation sites (N-methyl/N-ethyl adjacent to an activating group) is 2. The first-order valence-electron chi connectivity index (χ1n) is 5.09. The molecule has 0 fully saturated rings. The summed E-state index contributed by atoms with van der Waals surface area (Å²) in [6, 6.07) is 0. The molecule has 0 aliphatic carbocycles. The number of carboxylic acids is 1. The molecule has 0 aliphatic rings. The summed E-state index contributed by atoms with van der Waals surface area (Å²) in [5.41, 5.74) is 1.40. The molecule has 0 aromatic rings. The summed E-state index contributed by atoms with van der Waals surface area (Å²) < 4.78 is 0. The minimum absolute atomic E-state index is 0.0377. The van der Waals surface area contributed by atoms with Crippen molar-refractivity contribution >= 4 is 5.97 Å². The van der Waals surface area contributed by atoms with E-state index in [1.54, 1.807) is 12.2 Å². The predicted molar refractivity (Wildman–Crippen MR) is 66.2 cm³/mol. The SMILES string of the molecule is C=C(/C=C\C(=C)N(C)CCNC)CC(=O)O. The van der Waals surface area contributed by atoms with Crippen molar-refractivity contribution in [3.63, 3.8) is 0 Å². The van der Waals surface area contributed by atoms with Gasteiger partial charge in [0.2, 0.25) is 0 Å². The zero-order valence-corrected chi connectivity index (χ0v) is 9.99. The van der Waals surface area contributed by atoms with Crippen LogP contribution >= 0.6 is 0 Å². The molecule has 16 heavy (non-hydrogen) atoms. The number of carbonyl (C=O) groups is 1. The maximum absolute atomic E-state index is 10.4. The molecule has 0 aromatic heterocycles. The van der Waals surface area contributed by atoms with Crippen molar-refractivity contribution in [2.75, 3.05) is 27.2 Å². The van der Waals surface area contributed by atoms with E-state index < -0.39 is 5.97 Å². The highest BCUT2D eigenvalue weighted by Gasteiger charge is 1.99. The molecule has 0 saturated carbocycles. The molecule has 0 saturated heterocycles. The number of carboxylic acid groups (broad SMARTS) is 1. The van der Waals surface area contributed by atoms with Crippen LogP contribution in [0.1, 0.15) is 6.42 Å². The van der Waals surface area contributed by atoms with Gasteiger partial charge < -0.3 is 15.3 Å². The quantitative estimate of drug-likeness (QED) is 0.609. The lowest BCUT2D eigenvalue weighted by molar-refractivity contribution is -0.136. The van der Waals surface area contributed by atoms with Crippen molar-refractivity contribution in [3.05, 3.63) is 36.6 Å². The van der Waals surface area contributed by atoms with Gasteiger partial charge >= 0.3 is 5.97 Å². The number of allylic oxidation sites excluding steroid dienone is 2. The molecule has 0 radical (unpaired) electrons. The Labute approximate surface area is 97.0 Å². The third-order valence-electron chi connectivity index (χ3n) is 2.08. The molecule has 90 valence electrons. The zero-order chi connectivity index (χ0) is 12.6. The molecule has 4 nitrogen and oxygen atoms in total. The first-order chi connectivity index (χ1) is 7.47. The molecule has 4 heteroatoms. The Hall–Kier alpha value is -1.55. The molecule has 2 N–H and O–H groups in total. The lowest BCUT2D eigenvalue weighted by atomic mass is 10.2. The number of aliphatic carboxylic acids is 1. The first-order valence-corrected chi connectivity index (χ1v) is 5.09. The molecular formula is C12H20N2O2. The molecule has 0 amide bonds. The second-order valence-electron chi connectivity index (χ2n) is 3.58. The molecule has 0 rings (SSSR count). The Morgan fingerprint density at radius 1 is 1.44 bits per heavy atom. The van der Waals surface area contributed by atoms with E-state index in [-0.39, 0.29) is 6.42 Å². The fourth-order valence-corrected chi connectivity index (χ4v) is 1.02. The fraction of sp³-hybridized carbons (Fsp3) is 0.417. The summed E-state index contributed by atoms with van der Waals surface area (Å²) in [4.78, 5) is 12.4. The fourth-order valence-electron chi connectivity index (χ4n) is 1.02. The van der Waals surface area contributed by atoms with Gasteiger partial charge in [0.1, 0.15) is 0 Å². The van der Waals surface area contributed by atoms with Gasteiger partial charge in [-0.15, -0.1) is 0 Å². The number of nitrogens with one attached hydrogen (secondary N) is 1. The van der Waals surface area contributed by atoms with Crippen LogP contribution in [0.3, 0.4) is 0 Å². The van der Waals surface area contributed by atoms with Gasteiger partial charge in [-0.05, 0) is 18.7 Å². The van der Waals surface area contributed by atoms with Crippen LogP contribution < -0.4 is 5.32 Å². The zero-order valence-electron chi connectivity index (χ0n) is 9.99. The molecule has 0 aromatic carbocycles. The summed E-state index contributed by atoms with van der Waals surface area (Å²) in [5.74, 6) is -0.871. The Morgan fingerprint density at radius 3 is 2.56 bits per heavy atom. The Morgan fingerprint density at radius 2 is 2.06 bits per heavy atom. The minimum Gasteiger partial charge on any atom is -0.481 e. The van der Waals surface area contributed by atoms with Crippen molar-refractivity contribution in [1.29, 1.82) is 0 Å². The van der Waals surface area contributed by atoms with Gasteiger partial charge in [0.05, 0.1) is 6.42 Å². The molecule has 0 atom stereocenters. The third kappa shape index (κ3) is 6.84. The van der Waals surface area contributed by atoms with Crippen LogP contribution in [0, 0.1) is 0 Å². The third-order valence-corrected chi connectivity index (χ3v) is 2.08. The van der Waals surface area contributed by atoms with Gasteiger partial charge in [0.25, 0.3) is 0 Å². The summed E-state index contributed by atoms with van der Waals surface area (Å²) in [6.07, 6.45) is 3.43. The smallest absolute Gasteiger partial charge is 0.307 e. The largest absolute Gasteiger partial charge is 0.481 e. The molecule has 0 bridgehead atoms. The van der Waals surface area contributed by atoms with Gasteiger partial charge in [0, 0.05) is 25.8 Å². The highest BCUT2D eigenvalue weighted by atomic mass is 16.4. The van der Waals surface area contributed by atoms with E-state index >= 15 is 0 Å². The Kier molecular flexibility index (Phi) is 6.96. The molecule has 0 unspecified atom stereocenters. The second kappa shape index (κ2) is 7.70. The summed E-state index contributed by atoms with van der Waals surface area (Å²) in [7, 11) is 3.82. The average Bonchev–Trinajstić information content (AvgIpc) is 2.21. The molecule has 0 heterocycles. The van der Waals surface area contributed by atoms with Crippen molar-refractivity contribution in [1.82, 2.24) is 10.2 Å². The predicted octanol–water partition coefficient (Wildman–Crippen LogP) is 1.24. The molecular weight excluding hydrogens is 204 g/mol. The highest BCUT2D eigenvalue weighted by Crippen LogP contribution is 2.05. The van der Waals surface area contributed by atoms with Gasteiger partial charge in [0.15, 0.2) is 0 Å². The van der Waals surface area contributed by atoms with Gasteiger partial charge in [-0.1, -0.05) is 19.2 Å². The van der Waals surface area contributed by atoms with E-state index in [0.717, 1.165) is 18.8 Å². The van der Waals surface area contributed by atoms with Gasteiger partial charge in [-0.25, -0.2) is 0 Å². The van der Waals surface area contributed by atoms with Crippen LogP contribution in [0.2, 0.25) is 0 Å². The van der Waals surface area contributed by atoms with Crippen LogP contribution in [0.4, 0.5) is 0 Å². The number of hydrogen-bond acceptors (Lipinski definition) is 3. The van der Waals surface area contributed by atoms with Crippen LogP contribution in [-0.2, 0) is 4.79 Å². The van der Waals surface area contributed by atoms with Crippen LogP contribution in [-0.4, -0.2) is 43.2 Å². The van der Waals surface area contributed by atoms with E-state index in [9.17, 15) is 4.79 Å². The van der Waals surface area contributed by atoms with Gasteiger partial charge in [-0.2, -0.15) is 0 Å². The maximum atomic E-state index is 10.4. The Bertz CT molecular complexity index is 295. The van der Waals surface area contributed by atoms with E-state index in [1.807, 2.05) is 19.0 Å². The van der Waals surface area contributed by atoms with Crippen molar-refractivity contribution in [2.24, 2.45) is 0 Å². The lowest BCUT2D eigenvalue weighted by Gasteiger charge is -2.18. The lowest BCUT2D eigenvalue weighted by Crippen LogP contribution is -2.25. The Balaban J connectivity index is 4.07. The van der Waals surface area contributed by atoms with Crippen LogP contribution in [0.25, 0.3) is 0 Å². The maximum Gasteiger partial charge on any atom is 0.307 e. The van der Waals surface area contributed by atoms with Crippen LogP contribution in [0.5, 0.6) is 0 Å². The highest BCUT2D eigenvalue weighted by molar-refractivity contribution is 5.70. The van der Waals surface area contributed by atoms with E-state index in [2.05, 4.69) is 18.5 Å². The van der Waals surface area contributed by atoms with Crippen molar-refractivity contribution < 1.29 is 9.90 Å². The van der Waals surface area contributed by atoms with Crippen molar-refractivity contribution in [2.45, 2.75) is 6.42 Å². The number of hydrogen-bond donors (Lipinski definition) is 2. The van der Waals surface area contributed by atoms with Crippen molar-refractivity contribution in [3.8, 4) is 0 Å². The number of nitrogens with zero attached hydrogens (tertiary/aromatic N) is 1. The van der Waals surface area contributed by atoms with Crippen LogP contribution in [0.15, 0.2) is 36.6 Å². The molecule has 0 spiro atoms. The first kappa shape index (κ1) is 14.5. The normalized spacial score (nSPS) is 10.4. The minimum atomic E-state index is -0.871. The standard InChI is InChI=1S/C12H20N2O2/c1-10(9-12(15)16)5-6-11(2)14(4)8-7-13-3/h5-6,13H,1-2,7-9H2,3-4H3,(H,15,16)/b6-5-. The van der Waals surface area contributed by atoms with E-state index in [0.29, 0.717) is 5.57 Å². The topological polar surface area (TPSA) is 52.6 Å². The van der Waals surface area contributed by atoms with E-state index in [1.165, 1.54) is 0 Å². The average molecular weight is 224 g/mol. The monoisotopic (exact) mass is 224 g/mol. The molecule has 0 aliphatic heterocycles. The van der Waals surface area contributed by atoms with E-state index in [4.69, 9.17) is 5.11 Å². The summed E-state index contributed by atoms with van der Waals surface area (Å²) in [6.45, 7) is 9.26. The second-order valence-corrected chi connectivity index (χ2v) is 3.58. The van der Waals surface area contributed by atoms with Gasteiger partial charge in [-0.3, -0.25) is 4.79 Å². The summed E-state index contributed by atoms with van der Waals surface area (Å²) >= 11 is 0.